The minimum Gasteiger partial charge on any atom is -0.476 e. The average Bonchev–Trinajstić information content (AvgIpc) is 2.93. The SMILES string of the molecule is Nc1ccn2c(-c3ccco3)nc(C(=O)O)c2c1. The van der Waals surface area contributed by atoms with Crippen LogP contribution < -0.4 is 5.73 Å². The smallest absolute Gasteiger partial charge is 0.356 e. The minimum atomic E-state index is -1.10. The molecule has 3 N–H and O–H groups in total. The molecule has 0 bridgehead atoms. The average molecular weight is 243 g/mol. The molecule has 3 heterocycles. The number of nitrogens with zero attached hydrogens (tertiary/aromatic N) is 2. The van der Waals surface area contributed by atoms with Gasteiger partial charge in [0.2, 0.25) is 0 Å². The summed E-state index contributed by atoms with van der Waals surface area (Å²) in [4.78, 5) is 15.2. The summed E-state index contributed by atoms with van der Waals surface area (Å²) in [6.07, 6.45) is 3.18. The summed E-state index contributed by atoms with van der Waals surface area (Å²) in [7, 11) is 0. The first-order valence-corrected chi connectivity index (χ1v) is 5.21. The number of carbonyl (C=O) groups is 1. The summed E-state index contributed by atoms with van der Waals surface area (Å²) in [5, 5.41) is 9.14. The maximum Gasteiger partial charge on any atom is 0.356 e. The monoisotopic (exact) mass is 243 g/mol. The van der Waals surface area contributed by atoms with E-state index in [0.717, 1.165) is 0 Å². The molecule has 0 saturated heterocycles. The lowest BCUT2D eigenvalue weighted by molar-refractivity contribution is 0.0693. The van der Waals surface area contributed by atoms with Crippen LogP contribution in [0.15, 0.2) is 41.1 Å². The van der Waals surface area contributed by atoms with Crippen molar-refractivity contribution in [1.82, 2.24) is 9.38 Å². The van der Waals surface area contributed by atoms with E-state index >= 15 is 0 Å². The van der Waals surface area contributed by atoms with Crippen molar-refractivity contribution in [3.63, 3.8) is 0 Å². The second-order valence-electron chi connectivity index (χ2n) is 3.78. The standard InChI is InChI=1S/C12H9N3O3/c13-7-3-4-15-8(6-7)10(12(16)17)14-11(15)9-2-1-5-18-9/h1-6H,13H2,(H,16,17). The Balaban J connectivity index is 2.37. The third-order valence-electron chi connectivity index (χ3n) is 2.61. The van der Waals surface area contributed by atoms with Gasteiger partial charge in [0.05, 0.1) is 11.8 Å². The molecule has 0 aliphatic heterocycles. The van der Waals surface area contributed by atoms with Crippen molar-refractivity contribution in [3.05, 3.63) is 42.4 Å². The number of imidazole rings is 1. The van der Waals surface area contributed by atoms with E-state index in [1.54, 1.807) is 34.9 Å². The van der Waals surface area contributed by atoms with Gasteiger partial charge in [0.15, 0.2) is 17.3 Å². The highest BCUT2D eigenvalue weighted by Crippen LogP contribution is 2.24. The van der Waals surface area contributed by atoms with Gasteiger partial charge < -0.3 is 15.3 Å². The van der Waals surface area contributed by atoms with Crippen molar-refractivity contribution >= 4 is 17.2 Å². The normalized spacial score (nSPS) is 10.9. The Morgan fingerprint density at radius 3 is 2.94 bits per heavy atom. The highest BCUT2D eigenvalue weighted by atomic mass is 16.4. The second kappa shape index (κ2) is 3.63. The summed E-state index contributed by atoms with van der Waals surface area (Å²) < 4.78 is 6.88. The molecule has 0 aliphatic rings. The summed E-state index contributed by atoms with van der Waals surface area (Å²) in [5.41, 5.74) is 6.54. The van der Waals surface area contributed by atoms with Crippen LogP contribution in [0.4, 0.5) is 5.69 Å². The summed E-state index contributed by atoms with van der Waals surface area (Å²) in [6, 6.07) is 6.68. The van der Waals surface area contributed by atoms with E-state index in [0.29, 0.717) is 22.8 Å². The number of nitrogen functional groups attached to an aromatic ring is 1. The third-order valence-corrected chi connectivity index (χ3v) is 2.61. The van der Waals surface area contributed by atoms with Crippen molar-refractivity contribution < 1.29 is 14.3 Å². The van der Waals surface area contributed by atoms with Crippen LogP contribution in [0.1, 0.15) is 10.5 Å². The van der Waals surface area contributed by atoms with Gasteiger partial charge in [-0.2, -0.15) is 0 Å². The third kappa shape index (κ3) is 1.43. The molecule has 3 aromatic rings. The van der Waals surface area contributed by atoms with Crippen LogP contribution >= 0.6 is 0 Å². The maximum atomic E-state index is 11.2. The number of carboxylic acid groups (broad SMARTS) is 1. The number of fused-ring (bicyclic) bond motifs is 1. The Morgan fingerprint density at radius 2 is 2.28 bits per heavy atom. The summed E-state index contributed by atoms with van der Waals surface area (Å²) >= 11 is 0. The van der Waals surface area contributed by atoms with E-state index < -0.39 is 5.97 Å². The number of nitrogens with two attached hydrogens (primary N) is 1. The molecule has 6 heteroatoms. The van der Waals surface area contributed by atoms with Gasteiger partial charge in [-0.15, -0.1) is 0 Å². The van der Waals surface area contributed by atoms with Crippen molar-refractivity contribution in [3.8, 4) is 11.6 Å². The number of pyridine rings is 1. The zero-order valence-electron chi connectivity index (χ0n) is 9.20. The highest BCUT2D eigenvalue weighted by molar-refractivity contribution is 5.95. The number of carboxylic acids is 1. The topological polar surface area (TPSA) is 93.8 Å². The number of hydrogen-bond donors (Lipinski definition) is 2. The van der Waals surface area contributed by atoms with Crippen LogP contribution in [0.25, 0.3) is 17.1 Å². The Bertz CT molecular complexity index is 728. The molecule has 0 saturated carbocycles. The quantitative estimate of drug-likeness (QED) is 0.716. The molecule has 0 amide bonds. The molecule has 0 unspecified atom stereocenters. The van der Waals surface area contributed by atoms with Gasteiger partial charge in [-0.05, 0) is 24.3 Å². The molecular formula is C12H9N3O3. The lowest BCUT2D eigenvalue weighted by Gasteiger charge is -1.99. The summed E-state index contributed by atoms with van der Waals surface area (Å²) in [5.74, 6) is -0.162. The molecule has 0 radical (unpaired) electrons. The molecule has 90 valence electrons. The van der Waals surface area contributed by atoms with Gasteiger partial charge in [-0.25, -0.2) is 9.78 Å². The number of aromatic nitrogens is 2. The lowest BCUT2D eigenvalue weighted by atomic mass is 10.3. The van der Waals surface area contributed by atoms with E-state index in [1.165, 1.54) is 6.26 Å². The number of aromatic carboxylic acids is 1. The number of furan rings is 1. The fourth-order valence-electron chi connectivity index (χ4n) is 1.84. The summed E-state index contributed by atoms with van der Waals surface area (Å²) in [6.45, 7) is 0. The zero-order chi connectivity index (χ0) is 12.7. The van der Waals surface area contributed by atoms with Crippen molar-refractivity contribution in [2.45, 2.75) is 0 Å². The zero-order valence-corrected chi connectivity index (χ0v) is 9.20. The van der Waals surface area contributed by atoms with Gasteiger partial charge in [0, 0.05) is 11.9 Å². The van der Waals surface area contributed by atoms with Crippen molar-refractivity contribution in [2.24, 2.45) is 0 Å². The molecule has 0 aromatic carbocycles. The largest absolute Gasteiger partial charge is 0.476 e. The second-order valence-corrected chi connectivity index (χ2v) is 3.78. The number of hydrogen-bond acceptors (Lipinski definition) is 4. The Hall–Kier alpha value is -2.76. The molecule has 18 heavy (non-hydrogen) atoms. The predicted octanol–water partition coefficient (Wildman–Crippen LogP) is 1.87. The molecular weight excluding hydrogens is 234 g/mol. The Morgan fingerprint density at radius 1 is 1.44 bits per heavy atom. The van der Waals surface area contributed by atoms with E-state index in [9.17, 15) is 4.79 Å². The fourth-order valence-corrected chi connectivity index (χ4v) is 1.84. The van der Waals surface area contributed by atoms with Crippen LogP contribution in [0.5, 0.6) is 0 Å². The molecule has 3 rings (SSSR count). The van der Waals surface area contributed by atoms with Gasteiger partial charge >= 0.3 is 5.97 Å². The number of rotatable bonds is 2. The van der Waals surface area contributed by atoms with E-state index in [1.807, 2.05) is 0 Å². The first-order chi connectivity index (χ1) is 8.66. The van der Waals surface area contributed by atoms with Crippen LogP contribution in [-0.2, 0) is 0 Å². The van der Waals surface area contributed by atoms with Gasteiger partial charge in [0.25, 0.3) is 0 Å². The maximum absolute atomic E-state index is 11.2. The van der Waals surface area contributed by atoms with Crippen molar-refractivity contribution in [2.75, 3.05) is 5.73 Å². The molecule has 0 atom stereocenters. The van der Waals surface area contributed by atoms with Gasteiger partial charge in [-0.3, -0.25) is 4.40 Å². The number of anilines is 1. The van der Waals surface area contributed by atoms with E-state index in [4.69, 9.17) is 15.3 Å². The van der Waals surface area contributed by atoms with Crippen LogP contribution in [-0.4, -0.2) is 20.5 Å². The minimum absolute atomic E-state index is 0.0475. The van der Waals surface area contributed by atoms with Gasteiger partial charge in [-0.1, -0.05) is 0 Å². The highest BCUT2D eigenvalue weighted by Gasteiger charge is 2.19. The predicted molar refractivity (Wildman–Crippen MR) is 64.3 cm³/mol. The van der Waals surface area contributed by atoms with Crippen LogP contribution in [0, 0.1) is 0 Å². The first kappa shape index (κ1) is 10.4. The lowest BCUT2D eigenvalue weighted by Crippen LogP contribution is -1.97. The molecule has 0 fully saturated rings. The van der Waals surface area contributed by atoms with Crippen molar-refractivity contribution in [1.29, 1.82) is 0 Å². The Kier molecular flexibility index (Phi) is 2.09. The van der Waals surface area contributed by atoms with E-state index in [2.05, 4.69) is 4.98 Å². The van der Waals surface area contributed by atoms with Crippen LogP contribution in [0.2, 0.25) is 0 Å². The molecule has 0 spiro atoms. The first-order valence-electron chi connectivity index (χ1n) is 5.21. The Labute approximate surface area is 101 Å². The fraction of sp³-hybridized carbons (Fsp3) is 0. The molecule has 6 nitrogen and oxygen atoms in total. The van der Waals surface area contributed by atoms with E-state index in [-0.39, 0.29) is 5.69 Å². The van der Waals surface area contributed by atoms with Gasteiger partial charge in [0.1, 0.15) is 0 Å². The molecule has 3 aromatic heterocycles. The molecule has 0 aliphatic carbocycles. The van der Waals surface area contributed by atoms with Crippen LogP contribution in [0.3, 0.4) is 0 Å².